The van der Waals surface area contributed by atoms with Gasteiger partial charge in [0.25, 0.3) is 0 Å². The summed E-state index contributed by atoms with van der Waals surface area (Å²) in [5, 5.41) is 3.38. The summed E-state index contributed by atoms with van der Waals surface area (Å²) >= 11 is 0. The first-order valence-corrected chi connectivity index (χ1v) is 4.41. The maximum atomic E-state index is 10.8. The third kappa shape index (κ3) is 3.02. The molecule has 0 unspecified atom stereocenters. The van der Waals surface area contributed by atoms with E-state index < -0.39 is 0 Å². The van der Waals surface area contributed by atoms with Crippen LogP contribution < -0.4 is 5.32 Å². The van der Waals surface area contributed by atoms with Crippen molar-refractivity contribution in [2.75, 3.05) is 6.54 Å². The Bertz CT molecular complexity index is 136. The molecule has 1 aliphatic rings. The Hall–Kier alpha value is -0.370. The molecule has 1 saturated heterocycles. The first kappa shape index (κ1) is 8.72. The smallest absolute Gasteiger partial charge is 0.131 e. The molecule has 2 atom stereocenters. The van der Waals surface area contributed by atoms with E-state index in [0.29, 0.717) is 18.2 Å². The van der Waals surface area contributed by atoms with Crippen molar-refractivity contribution >= 4 is 5.78 Å². The highest BCUT2D eigenvalue weighted by Crippen LogP contribution is 2.15. The van der Waals surface area contributed by atoms with Gasteiger partial charge in [-0.15, -0.1) is 0 Å². The fourth-order valence-electron chi connectivity index (χ4n) is 1.58. The monoisotopic (exact) mass is 155 g/mol. The third-order valence-corrected chi connectivity index (χ3v) is 2.30. The van der Waals surface area contributed by atoms with E-state index in [9.17, 15) is 4.79 Å². The van der Waals surface area contributed by atoms with E-state index in [2.05, 4.69) is 12.2 Å². The van der Waals surface area contributed by atoms with Crippen molar-refractivity contribution in [2.24, 2.45) is 5.92 Å². The summed E-state index contributed by atoms with van der Waals surface area (Å²) in [4.78, 5) is 10.8. The molecule has 0 spiro atoms. The molecule has 0 saturated carbocycles. The van der Waals surface area contributed by atoms with E-state index in [1.165, 1.54) is 12.8 Å². The van der Waals surface area contributed by atoms with Crippen molar-refractivity contribution in [1.82, 2.24) is 5.32 Å². The Labute approximate surface area is 68.4 Å². The van der Waals surface area contributed by atoms with E-state index in [1.54, 1.807) is 6.92 Å². The number of hydrogen-bond acceptors (Lipinski definition) is 2. The van der Waals surface area contributed by atoms with Gasteiger partial charge in [-0.1, -0.05) is 6.92 Å². The molecule has 1 N–H and O–H groups in total. The summed E-state index contributed by atoms with van der Waals surface area (Å²) in [6.45, 7) is 4.99. The van der Waals surface area contributed by atoms with E-state index in [1.807, 2.05) is 0 Å². The van der Waals surface area contributed by atoms with Crippen LogP contribution in [-0.2, 0) is 4.79 Å². The second-order valence-electron chi connectivity index (χ2n) is 3.69. The fourth-order valence-corrected chi connectivity index (χ4v) is 1.58. The first-order valence-electron chi connectivity index (χ1n) is 4.41. The second kappa shape index (κ2) is 3.86. The topological polar surface area (TPSA) is 29.1 Å². The van der Waals surface area contributed by atoms with E-state index in [4.69, 9.17) is 0 Å². The second-order valence-corrected chi connectivity index (χ2v) is 3.69. The molecule has 0 aromatic heterocycles. The SMILES string of the molecule is CC(=O)C[C@@H]1CC[C@@H](C)CN1. The van der Waals surface area contributed by atoms with Crippen molar-refractivity contribution in [2.45, 2.75) is 39.2 Å². The Kier molecular flexibility index (Phi) is 3.06. The number of carbonyl (C=O) groups excluding carboxylic acids is 1. The van der Waals surface area contributed by atoms with Gasteiger partial charge in [-0.2, -0.15) is 0 Å². The summed E-state index contributed by atoms with van der Waals surface area (Å²) in [5.41, 5.74) is 0. The number of hydrogen-bond donors (Lipinski definition) is 1. The van der Waals surface area contributed by atoms with Gasteiger partial charge in [0.1, 0.15) is 5.78 Å². The minimum absolute atomic E-state index is 0.303. The molecular weight excluding hydrogens is 138 g/mol. The quantitative estimate of drug-likeness (QED) is 0.652. The van der Waals surface area contributed by atoms with Crippen LogP contribution in [0.25, 0.3) is 0 Å². The number of carbonyl (C=O) groups is 1. The van der Waals surface area contributed by atoms with Crippen LogP contribution in [-0.4, -0.2) is 18.4 Å². The van der Waals surface area contributed by atoms with Crippen LogP contribution in [0, 0.1) is 5.92 Å². The van der Waals surface area contributed by atoms with E-state index >= 15 is 0 Å². The third-order valence-electron chi connectivity index (χ3n) is 2.30. The number of rotatable bonds is 2. The van der Waals surface area contributed by atoms with E-state index in [-0.39, 0.29) is 0 Å². The minimum Gasteiger partial charge on any atom is -0.313 e. The van der Waals surface area contributed by atoms with Gasteiger partial charge in [0.05, 0.1) is 0 Å². The van der Waals surface area contributed by atoms with Gasteiger partial charge in [0.15, 0.2) is 0 Å². The van der Waals surface area contributed by atoms with Gasteiger partial charge in [-0.25, -0.2) is 0 Å². The highest BCUT2D eigenvalue weighted by Gasteiger charge is 2.17. The summed E-state index contributed by atoms with van der Waals surface area (Å²) in [6, 6.07) is 0.462. The lowest BCUT2D eigenvalue weighted by Crippen LogP contribution is -2.38. The maximum Gasteiger partial charge on any atom is 0.131 e. The average Bonchev–Trinajstić information content (AvgIpc) is 1.93. The van der Waals surface area contributed by atoms with Crippen LogP contribution in [0.15, 0.2) is 0 Å². The molecule has 2 heteroatoms. The Morgan fingerprint density at radius 3 is 2.73 bits per heavy atom. The Morgan fingerprint density at radius 2 is 2.27 bits per heavy atom. The number of nitrogens with one attached hydrogen (secondary N) is 1. The van der Waals surface area contributed by atoms with Crippen molar-refractivity contribution in [3.63, 3.8) is 0 Å². The molecule has 0 bridgehead atoms. The maximum absolute atomic E-state index is 10.8. The zero-order valence-corrected chi connectivity index (χ0v) is 7.39. The largest absolute Gasteiger partial charge is 0.313 e. The van der Waals surface area contributed by atoms with Gasteiger partial charge in [0, 0.05) is 12.5 Å². The van der Waals surface area contributed by atoms with Crippen LogP contribution in [0.5, 0.6) is 0 Å². The molecule has 1 aliphatic heterocycles. The molecule has 11 heavy (non-hydrogen) atoms. The van der Waals surface area contributed by atoms with Crippen LogP contribution in [0.4, 0.5) is 0 Å². The molecule has 0 aromatic rings. The van der Waals surface area contributed by atoms with Gasteiger partial charge >= 0.3 is 0 Å². The summed E-state index contributed by atoms with van der Waals surface area (Å²) in [7, 11) is 0. The highest BCUT2D eigenvalue weighted by molar-refractivity contribution is 5.76. The molecule has 1 heterocycles. The summed E-state index contributed by atoms with van der Waals surface area (Å²) in [5.74, 6) is 1.09. The normalized spacial score (nSPS) is 31.8. The highest BCUT2D eigenvalue weighted by atomic mass is 16.1. The zero-order valence-electron chi connectivity index (χ0n) is 7.39. The van der Waals surface area contributed by atoms with Crippen molar-refractivity contribution in [3.05, 3.63) is 0 Å². The van der Waals surface area contributed by atoms with E-state index in [0.717, 1.165) is 12.5 Å². The van der Waals surface area contributed by atoms with Crippen LogP contribution in [0.3, 0.4) is 0 Å². The van der Waals surface area contributed by atoms with Crippen molar-refractivity contribution in [3.8, 4) is 0 Å². The molecule has 0 amide bonds. The standard InChI is InChI=1S/C9H17NO/c1-7-3-4-9(10-6-7)5-8(2)11/h7,9-10H,3-6H2,1-2H3/t7-,9+/m1/s1. The molecule has 64 valence electrons. The minimum atomic E-state index is 0.303. The molecule has 2 nitrogen and oxygen atoms in total. The molecule has 0 aromatic carbocycles. The first-order chi connectivity index (χ1) is 5.18. The van der Waals surface area contributed by atoms with Crippen molar-refractivity contribution in [1.29, 1.82) is 0 Å². The number of piperidine rings is 1. The predicted octanol–water partition coefficient (Wildman–Crippen LogP) is 1.35. The molecule has 1 fully saturated rings. The molecule has 1 rings (SSSR count). The Balaban J connectivity index is 2.22. The number of ketones is 1. The van der Waals surface area contributed by atoms with Gasteiger partial charge in [0.2, 0.25) is 0 Å². The van der Waals surface area contributed by atoms with Gasteiger partial charge in [-0.05, 0) is 32.2 Å². The van der Waals surface area contributed by atoms with Crippen molar-refractivity contribution < 1.29 is 4.79 Å². The average molecular weight is 155 g/mol. The van der Waals surface area contributed by atoms with Gasteiger partial charge in [-0.3, -0.25) is 4.79 Å². The van der Waals surface area contributed by atoms with Crippen LogP contribution >= 0.6 is 0 Å². The van der Waals surface area contributed by atoms with Gasteiger partial charge < -0.3 is 5.32 Å². The number of Topliss-reactive ketones (excluding diaryl/α,β-unsaturated/α-hetero) is 1. The lowest BCUT2D eigenvalue weighted by atomic mass is 9.94. The fraction of sp³-hybridized carbons (Fsp3) is 0.889. The van der Waals surface area contributed by atoms with Crippen LogP contribution in [0.2, 0.25) is 0 Å². The van der Waals surface area contributed by atoms with Crippen LogP contribution in [0.1, 0.15) is 33.1 Å². The molecule has 0 radical (unpaired) electrons. The molecular formula is C9H17NO. The summed E-state index contributed by atoms with van der Waals surface area (Å²) < 4.78 is 0. The zero-order chi connectivity index (χ0) is 8.27. The lowest BCUT2D eigenvalue weighted by Gasteiger charge is -2.26. The molecule has 0 aliphatic carbocycles. The predicted molar refractivity (Wildman–Crippen MR) is 45.5 cm³/mol. The lowest BCUT2D eigenvalue weighted by molar-refractivity contribution is -0.117. The Morgan fingerprint density at radius 1 is 1.55 bits per heavy atom. The summed E-state index contributed by atoms with van der Waals surface area (Å²) in [6.07, 6.45) is 3.15.